The molecule has 1 aliphatic carbocycles. The summed E-state index contributed by atoms with van der Waals surface area (Å²) in [4.78, 5) is 36.7. The van der Waals surface area contributed by atoms with Crippen LogP contribution in [-0.2, 0) is 14.4 Å². The molecule has 1 aliphatic heterocycles. The Morgan fingerprint density at radius 2 is 1.89 bits per heavy atom. The van der Waals surface area contributed by atoms with Crippen molar-refractivity contribution in [3.8, 4) is 5.75 Å². The molecule has 0 radical (unpaired) electrons. The molecule has 8 nitrogen and oxygen atoms in total. The molecule has 0 aromatic heterocycles. The number of aliphatic carboxylic acids is 1. The lowest BCUT2D eigenvalue weighted by atomic mass is 10.1. The predicted octanol–water partition coefficient (Wildman–Crippen LogP) is 0.644. The van der Waals surface area contributed by atoms with Gasteiger partial charge in [-0.25, -0.2) is 4.79 Å². The van der Waals surface area contributed by atoms with Crippen molar-refractivity contribution in [1.82, 2.24) is 10.2 Å². The van der Waals surface area contributed by atoms with Crippen molar-refractivity contribution in [2.24, 2.45) is 5.92 Å². The van der Waals surface area contributed by atoms with Gasteiger partial charge in [0, 0.05) is 19.6 Å². The van der Waals surface area contributed by atoms with Crippen molar-refractivity contribution < 1.29 is 29.3 Å². The average molecular weight is 378 g/mol. The molecule has 27 heavy (non-hydrogen) atoms. The minimum Gasteiger partial charge on any atom is -0.494 e. The SMILES string of the molecule is CO.O=C(CCCOc1ccccc1)NCC(=O)N1C(C(=O)O)CC2CC21. The van der Waals surface area contributed by atoms with E-state index < -0.39 is 12.0 Å². The number of nitrogens with zero attached hydrogens (tertiary/aromatic N) is 1. The summed E-state index contributed by atoms with van der Waals surface area (Å²) in [6, 6.07) is 8.65. The maximum atomic E-state index is 12.2. The number of ether oxygens (including phenoxy) is 1. The van der Waals surface area contributed by atoms with Crippen LogP contribution in [0.15, 0.2) is 30.3 Å². The number of piperidine rings is 1. The van der Waals surface area contributed by atoms with Crippen molar-refractivity contribution in [1.29, 1.82) is 0 Å². The number of carbonyl (C=O) groups excluding carboxylic acids is 2. The van der Waals surface area contributed by atoms with E-state index in [9.17, 15) is 19.5 Å². The van der Waals surface area contributed by atoms with E-state index in [0.717, 1.165) is 19.3 Å². The number of likely N-dealkylation sites (tertiary alicyclic amines) is 1. The number of aliphatic hydroxyl groups excluding tert-OH is 1. The second-order valence-electron chi connectivity index (χ2n) is 6.50. The second kappa shape index (κ2) is 9.91. The fourth-order valence-electron chi connectivity index (χ4n) is 3.33. The van der Waals surface area contributed by atoms with Crippen molar-refractivity contribution in [2.45, 2.75) is 37.8 Å². The van der Waals surface area contributed by atoms with E-state index in [1.165, 1.54) is 4.90 Å². The number of hydrogen-bond acceptors (Lipinski definition) is 5. The Morgan fingerprint density at radius 3 is 2.56 bits per heavy atom. The molecule has 1 aromatic rings. The molecule has 2 fully saturated rings. The number of amides is 2. The van der Waals surface area contributed by atoms with Crippen LogP contribution in [0.25, 0.3) is 0 Å². The first-order valence-corrected chi connectivity index (χ1v) is 8.99. The van der Waals surface area contributed by atoms with Gasteiger partial charge in [0.05, 0.1) is 13.2 Å². The van der Waals surface area contributed by atoms with Gasteiger partial charge >= 0.3 is 5.97 Å². The molecule has 1 saturated carbocycles. The van der Waals surface area contributed by atoms with Crippen LogP contribution in [0.2, 0.25) is 0 Å². The third-order valence-corrected chi connectivity index (χ3v) is 4.67. The van der Waals surface area contributed by atoms with Gasteiger partial charge in [0.25, 0.3) is 0 Å². The molecule has 2 aliphatic rings. The highest BCUT2D eigenvalue weighted by Gasteiger charge is 2.56. The normalized spacial score (nSPS) is 22.1. The Labute approximate surface area is 158 Å². The van der Waals surface area contributed by atoms with E-state index in [4.69, 9.17) is 9.84 Å². The number of carboxylic acids is 1. The minimum atomic E-state index is -0.968. The smallest absolute Gasteiger partial charge is 0.326 e. The minimum absolute atomic E-state index is 0.0461. The van der Waals surface area contributed by atoms with Gasteiger partial charge in [-0.05, 0) is 37.3 Å². The van der Waals surface area contributed by atoms with E-state index in [2.05, 4.69) is 5.32 Å². The van der Waals surface area contributed by atoms with Crippen molar-refractivity contribution in [3.05, 3.63) is 30.3 Å². The zero-order valence-electron chi connectivity index (χ0n) is 15.3. The fourth-order valence-corrected chi connectivity index (χ4v) is 3.33. The molecule has 1 heterocycles. The van der Waals surface area contributed by atoms with E-state index in [1.807, 2.05) is 30.3 Å². The molecular formula is C19H26N2O6. The number of carboxylic acid groups (broad SMARTS) is 1. The lowest BCUT2D eigenvalue weighted by Gasteiger charge is -2.24. The highest BCUT2D eigenvalue weighted by atomic mass is 16.5. The summed E-state index contributed by atoms with van der Waals surface area (Å²) in [7, 11) is 1.00. The lowest BCUT2D eigenvalue weighted by molar-refractivity contribution is -0.149. The van der Waals surface area contributed by atoms with Crippen LogP contribution >= 0.6 is 0 Å². The van der Waals surface area contributed by atoms with Crippen LogP contribution in [0.3, 0.4) is 0 Å². The van der Waals surface area contributed by atoms with E-state index in [-0.39, 0.29) is 30.8 Å². The van der Waals surface area contributed by atoms with E-state index in [0.29, 0.717) is 25.4 Å². The molecule has 148 valence electrons. The van der Waals surface area contributed by atoms with Crippen LogP contribution in [0, 0.1) is 5.92 Å². The topological polar surface area (TPSA) is 116 Å². The van der Waals surface area contributed by atoms with Gasteiger partial charge in [0.15, 0.2) is 0 Å². The molecule has 3 rings (SSSR count). The summed E-state index contributed by atoms with van der Waals surface area (Å²) in [5.74, 6) is -0.443. The molecule has 0 spiro atoms. The van der Waals surface area contributed by atoms with Crippen LogP contribution in [0.4, 0.5) is 0 Å². The Hall–Kier alpha value is -2.61. The van der Waals surface area contributed by atoms with Crippen LogP contribution in [0.1, 0.15) is 25.7 Å². The number of carbonyl (C=O) groups is 3. The summed E-state index contributed by atoms with van der Waals surface area (Å²) in [5.41, 5.74) is 0. The third kappa shape index (κ3) is 5.68. The number of nitrogens with one attached hydrogen (secondary N) is 1. The number of hydrogen-bond donors (Lipinski definition) is 3. The Balaban J connectivity index is 0.00000126. The molecular weight excluding hydrogens is 352 g/mol. The first-order valence-electron chi connectivity index (χ1n) is 8.99. The number of para-hydroxylation sites is 1. The number of rotatable bonds is 8. The van der Waals surface area contributed by atoms with Gasteiger partial charge in [0.2, 0.25) is 11.8 Å². The molecule has 8 heteroatoms. The van der Waals surface area contributed by atoms with Gasteiger partial charge in [-0.2, -0.15) is 0 Å². The molecule has 3 atom stereocenters. The number of benzene rings is 1. The van der Waals surface area contributed by atoms with Crippen molar-refractivity contribution >= 4 is 17.8 Å². The third-order valence-electron chi connectivity index (χ3n) is 4.67. The zero-order chi connectivity index (χ0) is 19.8. The second-order valence-corrected chi connectivity index (χ2v) is 6.50. The number of aliphatic hydroxyl groups is 1. The predicted molar refractivity (Wildman–Crippen MR) is 97.1 cm³/mol. The van der Waals surface area contributed by atoms with E-state index in [1.54, 1.807) is 0 Å². The van der Waals surface area contributed by atoms with Crippen LogP contribution in [0.5, 0.6) is 5.75 Å². The molecule has 2 amide bonds. The number of fused-ring (bicyclic) bond motifs is 1. The average Bonchev–Trinajstić information content (AvgIpc) is 3.35. The fraction of sp³-hybridized carbons (Fsp3) is 0.526. The van der Waals surface area contributed by atoms with Gasteiger partial charge in [-0.1, -0.05) is 18.2 Å². The van der Waals surface area contributed by atoms with Crippen LogP contribution < -0.4 is 10.1 Å². The van der Waals surface area contributed by atoms with Gasteiger partial charge in [-0.3, -0.25) is 9.59 Å². The maximum Gasteiger partial charge on any atom is 0.326 e. The zero-order valence-corrected chi connectivity index (χ0v) is 15.3. The van der Waals surface area contributed by atoms with Gasteiger partial charge in [-0.15, -0.1) is 0 Å². The first-order chi connectivity index (χ1) is 13.1. The maximum absolute atomic E-state index is 12.2. The Kier molecular flexibility index (Phi) is 7.60. The van der Waals surface area contributed by atoms with Crippen LogP contribution in [-0.4, -0.2) is 65.2 Å². The summed E-state index contributed by atoms with van der Waals surface area (Å²) < 4.78 is 5.50. The first kappa shape index (κ1) is 20.7. The Bertz CT molecular complexity index is 651. The summed E-state index contributed by atoms with van der Waals surface area (Å²) >= 11 is 0. The van der Waals surface area contributed by atoms with Crippen molar-refractivity contribution in [3.63, 3.8) is 0 Å². The summed E-state index contributed by atoms with van der Waals surface area (Å²) in [6.07, 6.45) is 2.20. The monoisotopic (exact) mass is 378 g/mol. The lowest BCUT2D eigenvalue weighted by Crippen LogP contribution is -2.47. The quantitative estimate of drug-likeness (QED) is 0.572. The van der Waals surface area contributed by atoms with Crippen molar-refractivity contribution in [2.75, 3.05) is 20.3 Å². The highest BCUT2D eigenvalue weighted by Crippen LogP contribution is 2.47. The largest absolute Gasteiger partial charge is 0.494 e. The van der Waals surface area contributed by atoms with E-state index >= 15 is 0 Å². The standard InChI is InChI=1S/C18H22N2O5.CH4O/c21-16(7-4-8-25-13-5-2-1-3-6-13)19-11-17(22)20-14-9-12(14)10-15(20)18(23)24;1-2/h1-3,5-6,12,14-15H,4,7-11H2,(H,19,21)(H,23,24);2H,1H3. The molecule has 3 N–H and O–H groups in total. The van der Waals surface area contributed by atoms with Gasteiger partial charge < -0.3 is 25.2 Å². The molecule has 3 unspecified atom stereocenters. The summed E-state index contributed by atoms with van der Waals surface area (Å²) in [6.45, 7) is 0.272. The Morgan fingerprint density at radius 1 is 1.19 bits per heavy atom. The van der Waals surface area contributed by atoms with Gasteiger partial charge in [0.1, 0.15) is 11.8 Å². The highest BCUT2D eigenvalue weighted by molar-refractivity contribution is 5.89. The molecule has 1 saturated heterocycles. The molecule has 0 bridgehead atoms. The molecule has 1 aromatic carbocycles. The summed E-state index contributed by atoms with van der Waals surface area (Å²) in [5, 5.41) is 18.8.